The predicted octanol–water partition coefficient (Wildman–Crippen LogP) is 5.40. The minimum absolute atomic E-state index is 0.0610. The molecule has 1 aromatic heterocycles. The number of benzene rings is 2. The quantitative estimate of drug-likeness (QED) is 0.366. The lowest BCUT2D eigenvalue weighted by Gasteiger charge is -2.15. The molecular weight excluding hydrogens is 470 g/mol. The lowest BCUT2D eigenvalue weighted by atomic mass is 10.1. The van der Waals surface area contributed by atoms with Crippen molar-refractivity contribution >= 4 is 17.5 Å². The smallest absolute Gasteiger partial charge is 0.406 e. The highest BCUT2D eigenvalue weighted by Crippen LogP contribution is 2.31. The van der Waals surface area contributed by atoms with Crippen LogP contribution >= 0.6 is 0 Å². The number of rotatable bonds is 8. The Kier molecular flexibility index (Phi) is 7.35. The van der Waals surface area contributed by atoms with Crippen molar-refractivity contribution in [3.05, 3.63) is 54.1 Å². The molecule has 182 valence electrons. The van der Waals surface area contributed by atoms with Gasteiger partial charge in [-0.2, -0.15) is 4.98 Å². The van der Waals surface area contributed by atoms with E-state index in [4.69, 9.17) is 5.11 Å². The van der Waals surface area contributed by atoms with Crippen LogP contribution in [-0.4, -0.2) is 41.0 Å². The third kappa shape index (κ3) is 7.40. The number of alkyl halides is 6. The number of aliphatic hydroxyl groups is 1. The van der Waals surface area contributed by atoms with Crippen molar-refractivity contribution in [3.8, 4) is 22.8 Å². The Morgan fingerprint density at radius 3 is 2.18 bits per heavy atom. The van der Waals surface area contributed by atoms with Crippen LogP contribution in [0.5, 0.6) is 11.5 Å². The molecule has 13 heteroatoms. The van der Waals surface area contributed by atoms with E-state index in [1.54, 1.807) is 6.92 Å². The normalized spacial score (nSPS) is 11.8. The monoisotopic (exact) mass is 488 g/mol. The molecule has 0 atom stereocenters. The number of aliphatic hydroxyl groups excluding tert-OH is 1. The second kappa shape index (κ2) is 10.0. The maximum Gasteiger partial charge on any atom is 0.573 e. The van der Waals surface area contributed by atoms with Gasteiger partial charge in [0.05, 0.1) is 12.3 Å². The van der Waals surface area contributed by atoms with Crippen LogP contribution in [0.15, 0.2) is 48.5 Å². The minimum Gasteiger partial charge on any atom is -0.406 e. The van der Waals surface area contributed by atoms with Crippen molar-refractivity contribution < 1.29 is 40.9 Å². The summed E-state index contributed by atoms with van der Waals surface area (Å²) in [5.74, 6) is -0.587. The lowest BCUT2D eigenvalue weighted by molar-refractivity contribution is -0.275. The highest BCUT2D eigenvalue weighted by atomic mass is 19.4. The first-order valence-electron chi connectivity index (χ1n) is 9.65. The average Bonchev–Trinajstić information content (AvgIpc) is 2.72. The van der Waals surface area contributed by atoms with Gasteiger partial charge in [0.2, 0.25) is 5.95 Å². The summed E-state index contributed by atoms with van der Waals surface area (Å²) in [5, 5.41) is 14.8. The Balaban J connectivity index is 1.93. The molecule has 0 bridgehead atoms. The third-order valence-corrected chi connectivity index (χ3v) is 4.18. The second-order valence-corrected chi connectivity index (χ2v) is 6.84. The molecule has 0 aliphatic carbocycles. The molecule has 3 rings (SSSR count). The highest BCUT2D eigenvalue weighted by molar-refractivity contribution is 5.69. The van der Waals surface area contributed by atoms with E-state index < -0.39 is 24.2 Å². The van der Waals surface area contributed by atoms with Crippen LogP contribution in [0.4, 0.5) is 43.8 Å². The van der Waals surface area contributed by atoms with Crippen molar-refractivity contribution in [2.45, 2.75) is 19.6 Å². The molecule has 34 heavy (non-hydrogen) atoms. The summed E-state index contributed by atoms with van der Waals surface area (Å²) in [6.45, 7) is 1.42. The van der Waals surface area contributed by atoms with Gasteiger partial charge < -0.3 is 25.2 Å². The van der Waals surface area contributed by atoms with Crippen molar-refractivity contribution in [2.24, 2.45) is 0 Å². The number of aryl methyl sites for hydroxylation is 1. The Hall–Kier alpha value is -3.74. The number of nitrogens with one attached hydrogen (secondary N) is 2. The van der Waals surface area contributed by atoms with Crippen LogP contribution in [0, 0.1) is 6.92 Å². The largest absolute Gasteiger partial charge is 0.573 e. The summed E-state index contributed by atoms with van der Waals surface area (Å²) in [6, 6.07) is 10.2. The molecule has 0 unspecified atom stereocenters. The first-order chi connectivity index (χ1) is 15.9. The Morgan fingerprint density at radius 1 is 0.882 bits per heavy atom. The Labute approximate surface area is 189 Å². The summed E-state index contributed by atoms with van der Waals surface area (Å²) in [4.78, 5) is 8.47. The van der Waals surface area contributed by atoms with Crippen LogP contribution in [0.1, 0.15) is 5.56 Å². The van der Waals surface area contributed by atoms with E-state index in [0.717, 1.165) is 18.2 Å². The zero-order valence-electron chi connectivity index (χ0n) is 17.5. The van der Waals surface area contributed by atoms with Crippen LogP contribution in [0.2, 0.25) is 0 Å². The SMILES string of the molecule is Cc1cc(OC(F)(F)F)ccc1Nc1cc(-c2cccc(OC(F)(F)F)c2)nc(NCCO)n1. The standard InChI is InChI=1S/C21H18F6N4O3/c1-12-9-15(34-21(25,26)27)5-6-16(12)29-18-11-17(30-19(31-18)28-7-8-32)13-3-2-4-14(10-13)33-20(22,23)24/h2-6,9-11,32H,7-8H2,1H3,(H2,28,29,30,31). The molecular formula is C21H18F6N4O3. The zero-order chi connectivity index (χ0) is 24.9. The van der Waals surface area contributed by atoms with Gasteiger partial charge in [-0.15, -0.1) is 26.3 Å². The number of nitrogens with zero attached hydrogens (tertiary/aromatic N) is 2. The fraction of sp³-hybridized carbons (Fsp3) is 0.238. The Morgan fingerprint density at radius 2 is 1.56 bits per heavy atom. The molecule has 0 fully saturated rings. The van der Waals surface area contributed by atoms with Gasteiger partial charge in [-0.05, 0) is 42.8 Å². The lowest BCUT2D eigenvalue weighted by Crippen LogP contribution is -2.17. The molecule has 0 amide bonds. The molecule has 0 saturated heterocycles. The topological polar surface area (TPSA) is 88.5 Å². The van der Waals surface area contributed by atoms with E-state index >= 15 is 0 Å². The summed E-state index contributed by atoms with van der Waals surface area (Å²) < 4.78 is 82.9. The van der Waals surface area contributed by atoms with E-state index in [9.17, 15) is 26.3 Å². The molecule has 7 nitrogen and oxygen atoms in total. The van der Waals surface area contributed by atoms with Crippen molar-refractivity contribution in [1.82, 2.24) is 9.97 Å². The average molecular weight is 488 g/mol. The van der Waals surface area contributed by atoms with Gasteiger partial charge in [-0.3, -0.25) is 0 Å². The fourth-order valence-corrected chi connectivity index (χ4v) is 2.87. The Bertz CT molecular complexity index is 1140. The van der Waals surface area contributed by atoms with Crippen LogP contribution in [0.25, 0.3) is 11.3 Å². The summed E-state index contributed by atoms with van der Waals surface area (Å²) in [5.41, 5.74) is 1.32. The van der Waals surface area contributed by atoms with Crippen molar-refractivity contribution in [1.29, 1.82) is 0 Å². The van der Waals surface area contributed by atoms with Crippen LogP contribution in [-0.2, 0) is 0 Å². The number of hydrogen-bond acceptors (Lipinski definition) is 7. The van der Waals surface area contributed by atoms with Crippen LogP contribution < -0.4 is 20.1 Å². The van der Waals surface area contributed by atoms with Crippen molar-refractivity contribution in [3.63, 3.8) is 0 Å². The van der Waals surface area contributed by atoms with Gasteiger partial charge in [0, 0.05) is 23.9 Å². The zero-order valence-corrected chi connectivity index (χ0v) is 17.5. The molecule has 0 saturated carbocycles. The molecule has 0 radical (unpaired) electrons. The van der Waals surface area contributed by atoms with E-state index in [-0.39, 0.29) is 36.2 Å². The first kappa shape index (κ1) is 24.9. The number of anilines is 3. The number of aromatic nitrogens is 2. The fourth-order valence-electron chi connectivity index (χ4n) is 2.87. The summed E-state index contributed by atoms with van der Waals surface area (Å²) in [7, 11) is 0. The molecule has 0 spiro atoms. The van der Waals surface area contributed by atoms with Crippen molar-refractivity contribution in [2.75, 3.05) is 23.8 Å². The van der Waals surface area contributed by atoms with Gasteiger partial charge in [-0.25, -0.2) is 4.98 Å². The van der Waals surface area contributed by atoms with Crippen LogP contribution in [0.3, 0.4) is 0 Å². The molecule has 1 heterocycles. The molecule has 0 aliphatic rings. The van der Waals surface area contributed by atoms with Gasteiger partial charge in [-0.1, -0.05) is 12.1 Å². The molecule has 2 aromatic carbocycles. The first-order valence-corrected chi connectivity index (χ1v) is 9.65. The predicted molar refractivity (Wildman–Crippen MR) is 111 cm³/mol. The maximum atomic E-state index is 12.6. The summed E-state index contributed by atoms with van der Waals surface area (Å²) >= 11 is 0. The highest BCUT2D eigenvalue weighted by Gasteiger charge is 2.32. The minimum atomic E-state index is -4.87. The van der Waals surface area contributed by atoms with E-state index in [0.29, 0.717) is 11.3 Å². The third-order valence-electron chi connectivity index (χ3n) is 4.18. The van der Waals surface area contributed by atoms with Gasteiger partial charge in [0.25, 0.3) is 0 Å². The maximum absolute atomic E-state index is 12.6. The molecule has 3 N–H and O–H groups in total. The molecule has 3 aromatic rings. The summed E-state index contributed by atoms with van der Waals surface area (Å²) in [6.07, 6.45) is -9.70. The van der Waals surface area contributed by atoms with E-state index in [1.807, 2.05) is 0 Å². The number of halogens is 6. The second-order valence-electron chi connectivity index (χ2n) is 6.84. The van der Waals surface area contributed by atoms with E-state index in [2.05, 4.69) is 30.1 Å². The van der Waals surface area contributed by atoms with Gasteiger partial charge in [0.15, 0.2) is 0 Å². The molecule has 0 aliphatic heterocycles. The number of ether oxygens (including phenoxy) is 2. The van der Waals surface area contributed by atoms with Gasteiger partial charge in [0.1, 0.15) is 17.3 Å². The van der Waals surface area contributed by atoms with Gasteiger partial charge >= 0.3 is 12.7 Å². The van der Waals surface area contributed by atoms with E-state index in [1.165, 1.54) is 30.3 Å². The number of hydrogen-bond donors (Lipinski definition) is 3.